The molecule has 1 aromatic carbocycles. The zero-order valence-electron chi connectivity index (χ0n) is 11.1. The number of rotatable bonds is 2. The number of nitrogens with one attached hydrogen (secondary N) is 2. The number of urea groups is 1. The van der Waals surface area contributed by atoms with Crippen molar-refractivity contribution in [1.29, 1.82) is 5.26 Å². The van der Waals surface area contributed by atoms with Gasteiger partial charge in [-0.2, -0.15) is 18.4 Å². The van der Waals surface area contributed by atoms with Crippen LogP contribution in [-0.2, 0) is 6.18 Å². The average Bonchev–Trinajstić information content (AvgIpc) is 2.87. The minimum Gasteiger partial charge on any atom is -0.319 e. The van der Waals surface area contributed by atoms with Crippen LogP contribution >= 0.6 is 0 Å². The summed E-state index contributed by atoms with van der Waals surface area (Å²) in [5.41, 5.74) is -2.22. The summed E-state index contributed by atoms with van der Waals surface area (Å²) in [6.45, 7) is 0. The first-order valence-corrected chi connectivity index (χ1v) is 6.53. The first-order chi connectivity index (χ1) is 9.86. The van der Waals surface area contributed by atoms with Gasteiger partial charge >= 0.3 is 12.2 Å². The minimum absolute atomic E-state index is 0.325. The monoisotopic (exact) mass is 297 g/mol. The number of amides is 2. The second-order valence-electron chi connectivity index (χ2n) is 5.02. The lowest BCUT2D eigenvalue weighted by molar-refractivity contribution is -0.136. The largest absolute Gasteiger partial charge is 0.418 e. The van der Waals surface area contributed by atoms with Gasteiger partial charge < -0.3 is 10.6 Å². The second-order valence-corrected chi connectivity index (χ2v) is 5.02. The van der Waals surface area contributed by atoms with Gasteiger partial charge in [-0.1, -0.05) is 12.1 Å². The molecule has 1 aliphatic rings. The SMILES string of the molecule is N#CC1(NC(=O)Nc2ccccc2C(F)(F)F)CCCC1. The van der Waals surface area contributed by atoms with E-state index in [2.05, 4.69) is 10.6 Å². The number of carbonyl (C=O) groups is 1. The Morgan fingerprint density at radius 2 is 1.86 bits per heavy atom. The van der Waals surface area contributed by atoms with Crippen molar-refractivity contribution < 1.29 is 18.0 Å². The van der Waals surface area contributed by atoms with E-state index in [0.717, 1.165) is 18.9 Å². The number of carbonyl (C=O) groups excluding carboxylic acids is 1. The number of nitriles is 1. The average molecular weight is 297 g/mol. The molecule has 4 nitrogen and oxygen atoms in total. The Bertz CT molecular complexity index is 572. The second kappa shape index (κ2) is 5.64. The van der Waals surface area contributed by atoms with E-state index in [1.54, 1.807) is 0 Å². The standard InChI is InChI=1S/C14H14F3N3O/c15-14(16,17)10-5-1-2-6-11(10)19-12(21)20-13(9-18)7-3-4-8-13/h1-2,5-6H,3-4,7-8H2,(H2,19,20,21). The molecule has 0 radical (unpaired) electrons. The van der Waals surface area contributed by atoms with Crippen LogP contribution in [0.2, 0.25) is 0 Å². The predicted molar refractivity (Wildman–Crippen MR) is 70.4 cm³/mol. The molecule has 7 heteroatoms. The zero-order valence-corrected chi connectivity index (χ0v) is 11.1. The normalized spacial score (nSPS) is 17.0. The van der Waals surface area contributed by atoms with Gasteiger partial charge in [0.05, 0.1) is 17.3 Å². The van der Waals surface area contributed by atoms with Crippen LogP contribution in [0.3, 0.4) is 0 Å². The van der Waals surface area contributed by atoms with Crippen LogP contribution in [-0.4, -0.2) is 11.6 Å². The summed E-state index contributed by atoms with van der Waals surface area (Å²) in [7, 11) is 0. The van der Waals surface area contributed by atoms with Crippen LogP contribution in [0, 0.1) is 11.3 Å². The van der Waals surface area contributed by atoms with E-state index in [0.29, 0.717) is 12.8 Å². The molecule has 0 spiro atoms. The summed E-state index contributed by atoms with van der Waals surface area (Å²) in [5.74, 6) is 0. The van der Waals surface area contributed by atoms with Crippen molar-refractivity contribution in [3.8, 4) is 6.07 Å². The molecule has 1 aliphatic carbocycles. The summed E-state index contributed by atoms with van der Waals surface area (Å²) >= 11 is 0. The molecule has 1 fully saturated rings. The van der Waals surface area contributed by atoms with E-state index in [4.69, 9.17) is 5.26 Å². The fourth-order valence-corrected chi connectivity index (χ4v) is 2.45. The van der Waals surface area contributed by atoms with E-state index < -0.39 is 23.3 Å². The Balaban J connectivity index is 2.12. The summed E-state index contributed by atoms with van der Waals surface area (Å²) in [6.07, 6.45) is -1.90. The zero-order chi connectivity index (χ0) is 15.5. The van der Waals surface area contributed by atoms with Crippen LogP contribution in [0.25, 0.3) is 0 Å². The van der Waals surface area contributed by atoms with Crippen LogP contribution in [0.5, 0.6) is 0 Å². The molecule has 0 aliphatic heterocycles. The molecule has 2 rings (SSSR count). The quantitative estimate of drug-likeness (QED) is 0.875. The van der Waals surface area contributed by atoms with Crippen LogP contribution in [0.15, 0.2) is 24.3 Å². The molecule has 0 saturated heterocycles. The third-order valence-electron chi connectivity index (χ3n) is 3.50. The highest BCUT2D eigenvalue weighted by atomic mass is 19.4. The molecule has 1 aromatic rings. The Morgan fingerprint density at radius 3 is 2.43 bits per heavy atom. The number of hydrogen-bond donors (Lipinski definition) is 2. The lowest BCUT2D eigenvalue weighted by Gasteiger charge is -2.22. The van der Waals surface area contributed by atoms with E-state index in [-0.39, 0.29) is 5.69 Å². The van der Waals surface area contributed by atoms with E-state index in [9.17, 15) is 18.0 Å². The van der Waals surface area contributed by atoms with Gasteiger partial charge in [-0.15, -0.1) is 0 Å². The maximum atomic E-state index is 12.8. The first-order valence-electron chi connectivity index (χ1n) is 6.53. The number of halogens is 3. The highest BCUT2D eigenvalue weighted by Crippen LogP contribution is 2.35. The molecule has 112 valence electrons. The van der Waals surface area contributed by atoms with Crippen molar-refractivity contribution in [1.82, 2.24) is 5.32 Å². The van der Waals surface area contributed by atoms with Gasteiger partial charge in [-0.25, -0.2) is 4.79 Å². The van der Waals surface area contributed by atoms with Gasteiger partial charge in [0.1, 0.15) is 5.54 Å². The van der Waals surface area contributed by atoms with Crippen LogP contribution in [0.1, 0.15) is 31.2 Å². The molecule has 0 aromatic heterocycles. The Labute approximate surface area is 119 Å². The van der Waals surface area contributed by atoms with Gasteiger partial charge in [-0.3, -0.25) is 0 Å². The smallest absolute Gasteiger partial charge is 0.319 e. The highest BCUT2D eigenvalue weighted by molar-refractivity contribution is 5.91. The highest BCUT2D eigenvalue weighted by Gasteiger charge is 2.37. The molecule has 0 unspecified atom stereocenters. The van der Waals surface area contributed by atoms with E-state index >= 15 is 0 Å². The molecular weight excluding hydrogens is 283 g/mol. The van der Waals surface area contributed by atoms with Crippen molar-refractivity contribution in [3.05, 3.63) is 29.8 Å². The lowest BCUT2D eigenvalue weighted by atomic mass is 10.0. The molecule has 2 N–H and O–H groups in total. The van der Waals surface area contributed by atoms with Gasteiger partial charge in [0.25, 0.3) is 0 Å². The number of nitrogens with zero attached hydrogens (tertiary/aromatic N) is 1. The van der Waals surface area contributed by atoms with Gasteiger partial charge in [0, 0.05) is 0 Å². The van der Waals surface area contributed by atoms with Crippen molar-refractivity contribution in [2.24, 2.45) is 0 Å². The maximum Gasteiger partial charge on any atom is 0.418 e. The van der Waals surface area contributed by atoms with Crippen molar-refractivity contribution >= 4 is 11.7 Å². The van der Waals surface area contributed by atoms with Gasteiger partial charge in [0.15, 0.2) is 0 Å². The number of benzene rings is 1. The number of para-hydroxylation sites is 1. The number of anilines is 1. The molecule has 21 heavy (non-hydrogen) atoms. The molecular formula is C14H14F3N3O. The lowest BCUT2D eigenvalue weighted by Crippen LogP contribution is -2.47. The first kappa shape index (κ1) is 15.2. The maximum absolute atomic E-state index is 12.8. The number of alkyl halides is 3. The van der Waals surface area contributed by atoms with Crippen molar-refractivity contribution in [2.45, 2.75) is 37.4 Å². The van der Waals surface area contributed by atoms with E-state index in [1.165, 1.54) is 18.2 Å². The fraction of sp³-hybridized carbons (Fsp3) is 0.429. The Kier molecular flexibility index (Phi) is 4.07. The molecule has 0 bridgehead atoms. The van der Waals surface area contributed by atoms with E-state index in [1.807, 2.05) is 6.07 Å². The fourth-order valence-electron chi connectivity index (χ4n) is 2.45. The summed E-state index contributed by atoms with van der Waals surface area (Å²) < 4.78 is 38.5. The molecule has 1 saturated carbocycles. The summed E-state index contributed by atoms with van der Waals surface area (Å²) in [4.78, 5) is 11.9. The summed E-state index contributed by atoms with van der Waals surface area (Å²) in [6, 6.07) is 5.97. The molecule has 2 amide bonds. The Hall–Kier alpha value is -2.23. The minimum atomic E-state index is -4.55. The third kappa shape index (κ3) is 3.45. The topological polar surface area (TPSA) is 64.9 Å². The van der Waals surface area contributed by atoms with Crippen LogP contribution < -0.4 is 10.6 Å². The molecule has 0 heterocycles. The number of hydrogen-bond acceptors (Lipinski definition) is 2. The summed E-state index contributed by atoms with van der Waals surface area (Å²) in [5, 5.41) is 13.8. The van der Waals surface area contributed by atoms with Crippen molar-refractivity contribution in [2.75, 3.05) is 5.32 Å². The van der Waals surface area contributed by atoms with Gasteiger partial charge in [-0.05, 0) is 37.8 Å². The van der Waals surface area contributed by atoms with Crippen LogP contribution in [0.4, 0.5) is 23.7 Å². The predicted octanol–water partition coefficient (Wildman–Crippen LogP) is 3.66. The Morgan fingerprint density at radius 1 is 1.24 bits per heavy atom. The molecule has 0 atom stereocenters. The van der Waals surface area contributed by atoms with Gasteiger partial charge in [0.2, 0.25) is 0 Å². The van der Waals surface area contributed by atoms with Crippen molar-refractivity contribution in [3.63, 3.8) is 0 Å². The third-order valence-corrected chi connectivity index (χ3v) is 3.50.